The molecule has 0 heterocycles. The van der Waals surface area contributed by atoms with Gasteiger partial charge in [-0.15, -0.1) is 0 Å². The summed E-state index contributed by atoms with van der Waals surface area (Å²) >= 11 is 0. The van der Waals surface area contributed by atoms with E-state index in [2.05, 4.69) is 12.2 Å². The number of nitrogens with one attached hydrogen (secondary N) is 1. The van der Waals surface area contributed by atoms with Gasteiger partial charge in [-0.3, -0.25) is 10.1 Å². The lowest BCUT2D eigenvalue weighted by molar-refractivity contribution is -0.384. The van der Waals surface area contributed by atoms with Gasteiger partial charge in [0, 0.05) is 6.04 Å². The van der Waals surface area contributed by atoms with E-state index in [1.165, 1.54) is 7.11 Å². The number of methoxy groups -OCH3 is 1. The summed E-state index contributed by atoms with van der Waals surface area (Å²) in [4.78, 5) is 10.7. The highest BCUT2D eigenvalue weighted by molar-refractivity contribution is 5.68. The summed E-state index contributed by atoms with van der Waals surface area (Å²) in [6.45, 7) is 4.15. The van der Waals surface area contributed by atoms with Crippen molar-refractivity contribution in [2.24, 2.45) is 0 Å². The van der Waals surface area contributed by atoms with Crippen molar-refractivity contribution < 1.29 is 9.66 Å². The molecule has 0 radical (unpaired) electrons. The van der Waals surface area contributed by atoms with Crippen LogP contribution in [0.3, 0.4) is 0 Å². The number of benzene rings is 1. The van der Waals surface area contributed by atoms with Crippen LogP contribution in [0.1, 0.15) is 33.1 Å². The molecular formula is C13H20N2O3. The van der Waals surface area contributed by atoms with Crippen LogP contribution in [-0.2, 0) is 0 Å². The Morgan fingerprint density at radius 1 is 1.50 bits per heavy atom. The Balaban J connectivity index is 2.90. The summed E-state index contributed by atoms with van der Waals surface area (Å²) in [6.07, 6.45) is 3.21. The summed E-state index contributed by atoms with van der Waals surface area (Å²) < 4.78 is 5.03. The van der Waals surface area contributed by atoms with Gasteiger partial charge in [0.05, 0.1) is 12.0 Å². The zero-order valence-electron chi connectivity index (χ0n) is 11.1. The van der Waals surface area contributed by atoms with E-state index in [0.29, 0.717) is 5.69 Å². The highest BCUT2D eigenvalue weighted by Gasteiger charge is 2.21. The van der Waals surface area contributed by atoms with E-state index in [1.807, 2.05) is 6.92 Å². The maximum atomic E-state index is 11.1. The number of unbranched alkanes of at least 4 members (excludes halogenated alkanes) is 1. The van der Waals surface area contributed by atoms with Gasteiger partial charge in [0.1, 0.15) is 5.69 Å². The topological polar surface area (TPSA) is 64.4 Å². The lowest BCUT2D eigenvalue weighted by Gasteiger charge is -2.15. The maximum absolute atomic E-state index is 11.1. The Labute approximate surface area is 107 Å². The second-order valence-corrected chi connectivity index (χ2v) is 4.30. The fourth-order valence-corrected chi connectivity index (χ4v) is 1.84. The summed E-state index contributed by atoms with van der Waals surface area (Å²) in [6, 6.07) is 5.26. The molecule has 0 bridgehead atoms. The number of anilines is 1. The van der Waals surface area contributed by atoms with E-state index in [9.17, 15) is 10.1 Å². The number of para-hydroxylation sites is 1. The molecule has 0 aliphatic heterocycles. The number of nitrogens with zero attached hydrogens (tertiary/aromatic N) is 1. The number of ether oxygens (including phenoxy) is 1. The van der Waals surface area contributed by atoms with Crippen LogP contribution in [0.4, 0.5) is 11.4 Å². The summed E-state index contributed by atoms with van der Waals surface area (Å²) in [5.74, 6) is 0.285. The third-order valence-electron chi connectivity index (χ3n) is 2.79. The van der Waals surface area contributed by atoms with E-state index in [4.69, 9.17) is 4.74 Å². The second-order valence-electron chi connectivity index (χ2n) is 4.30. The Morgan fingerprint density at radius 2 is 2.22 bits per heavy atom. The zero-order valence-corrected chi connectivity index (χ0v) is 11.1. The lowest BCUT2D eigenvalue weighted by Crippen LogP contribution is -2.16. The molecule has 0 aliphatic rings. The van der Waals surface area contributed by atoms with Crippen LogP contribution in [0.2, 0.25) is 0 Å². The first-order chi connectivity index (χ1) is 8.60. The number of nitro benzene ring substituents is 1. The normalized spacial score (nSPS) is 11.9. The molecule has 0 amide bonds. The zero-order chi connectivity index (χ0) is 13.5. The van der Waals surface area contributed by atoms with Gasteiger partial charge in [0.15, 0.2) is 5.75 Å². The van der Waals surface area contributed by atoms with Gasteiger partial charge in [-0.1, -0.05) is 25.8 Å². The lowest BCUT2D eigenvalue weighted by atomic mass is 10.1. The largest absolute Gasteiger partial charge is 0.490 e. The molecule has 0 aliphatic carbocycles. The molecule has 5 heteroatoms. The average molecular weight is 252 g/mol. The van der Waals surface area contributed by atoms with Crippen LogP contribution in [0.5, 0.6) is 5.75 Å². The van der Waals surface area contributed by atoms with E-state index < -0.39 is 4.92 Å². The highest BCUT2D eigenvalue weighted by Crippen LogP contribution is 2.34. The van der Waals surface area contributed by atoms with Crippen LogP contribution in [0.25, 0.3) is 0 Å². The molecule has 100 valence electrons. The van der Waals surface area contributed by atoms with Crippen molar-refractivity contribution in [2.75, 3.05) is 12.4 Å². The van der Waals surface area contributed by atoms with Crippen LogP contribution in [0, 0.1) is 10.1 Å². The van der Waals surface area contributed by atoms with Gasteiger partial charge < -0.3 is 10.1 Å². The molecule has 1 aromatic carbocycles. The van der Waals surface area contributed by atoms with Crippen LogP contribution < -0.4 is 10.1 Å². The minimum atomic E-state index is -0.409. The monoisotopic (exact) mass is 252 g/mol. The van der Waals surface area contributed by atoms with Crippen LogP contribution in [0.15, 0.2) is 18.2 Å². The van der Waals surface area contributed by atoms with Gasteiger partial charge in [-0.2, -0.15) is 0 Å². The van der Waals surface area contributed by atoms with E-state index in [-0.39, 0.29) is 17.5 Å². The molecule has 1 unspecified atom stereocenters. The number of nitro groups is 1. The highest BCUT2D eigenvalue weighted by atomic mass is 16.6. The van der Waals surface area contributed by atoms with Gasteiger partial charge in [0.25, 0.3) is 0 Å². The third kappa shape index (κ3) is 3.61. The fraction of sp³-hybridized carbons (Fsp3) is 0.538. The molecule has 1 N–H and O–H groups in total. The van der Waals surface area contributed by atoms with E-state index in [1.54, 1.807) is 18.2 Å². The second kappa shape index (κ2) is 6.83. The fourth-order valence-electron chi connectivity index (χ4n) is 1.84. The summed E-state index contributed by atoms with van der Waals surface area (Å²) in [5.41, 5.74) is 0.520. The molecule has 0 saturated carbocycles. The Kier molecular flexibility index (Phi) is 5.42. The third-order valence-corrected chi connectivity index (χ3v) is 2.79. The predicted molar refractivity (Wildman–Crippen MR) is 72.3 cm³/mol. The van der Waals surface area contributed by atoms with Crippen LogP contribution in [-0.4, -0.2) is 18.1 Å². The smallest absolute Gasteiger partial charge is 0.333 e. The Hall–Kier alpha value is -1.78. The molecule has 5 nitrogen and oxygen atoms in total. The standard InChI is InChI=1S/C13H20N2O3/c1-4-5-7-10(2)14-11-8-6-9-12(18-3)13(11)15(16)17/h6,8-10,14H,4-5,7H2,1-3H3. The van der Waals surface area contributed by atoms with Crippen LogP contribution >= 0.6 is 0 Å². The molecule has 1 rings (SSSR count). The van der Waals surface area contributed by atoms with E-state index in [0.717, 1.165) is 19.3 Å². The summed E-state index contributed by atoms with van der Waals surface area (Å²) in [5, 5.41) is 14.3. The van der Waals surface area contributed by atoms with Crippen molar-refractivity contribution in [1.82, 2.24) is 0 Å². The Bertz CT molecular complexity index is 407. The predicted octanol–water partition coefficient (Wildman–Crippen LogP) is 3.59. The van der Waals surface area contributed by atoms with Crippen molar-refractivity contribution in [3.8, 4) is 5.75 Å². The van der Waals surface area contributed by atoms with Gasteiger partial charge >= 0.3 is 5.69 Å². The minimum absolute atomic E-state index is 0.00310. The van der Waals surface area contributed by atoms with Gasteiger partial charge in [0.2, 0.25) is 0 Å². The Morgan fingerprint density at radius 3 is 2.78 bits per heavy atom. The average Bonchev–Trinajstić information content (AvgIpc) is 2.35. The number of hydrogen-bond acceptors (Lipinski definition) is 4. The van der Waals surface area contributed by atoms with Crippen molar-refractivity contribution >= 4 is 11.4 Å². The van der Waals surface area contributed by atoms with Crippen molar-refractivity contribution in [3.63, 3.8) is 0 Å². The molecule has 1 atom stereocenters. The molecule has 0 spiro atoms. The first-order valence-corrected chi connectivity index (χ1v) is 6.18. The molecule has 0 fully saturated rings. The van der Waals surface area contributed by atoms with Crippen molar-refractivity contribution in [1.29, 1.82) is 0 Å². The van der Waals surface area contributed by atoms with Gasteiger partial charge in [-0.25, -0.2) is 0 Å². The maximum Gasteiger partial charge on any atom is 0.333 e. The molecular weight excluding hydrogens is 232 g/mol. The molecule has 0 aromatic heterocycles. The molecule has 0 saturated heterocycles. The number of rotatable bonds is 7. The minimum Gasteiger partial charge on any atom is -0.490 e. The van der Waals surface area contributed by atoms with Gasteiger partial charge in [-0.05, 0) is 25.5 Å². The molecule has 1 aromatic rings. The van der Waals surface area contributed by atoms with E-state index >= 15 is 0 Å². The first-order valence-electron chi connectivity index (χ1n) is 6.18. The van der Waals surface area contributed by atoms with Crippen molar-refractivity contribution in [3.05, 3.63) is 28.3 Å². The first kappa shape index (κ1) is 14.3. The van der Waals surface area contributed by atoms with Crippen molar-refractivity contribution in [2.45, 2.75) is 39.2 Å². The SMILES string of the molecule is CCCCC(C)Nc1cccc(OC)c1[N+](=O)[O-]. The number of hydrogen-bond donors (Lipinski definition) is 1. The quantitative estimate of drug-likeness (QED) is 0.595. The summed E-state index contributed by atoms with van der Waals surface area (Å²) in [7, 11) is 1.44. The molecule has 18 heavy (non-hydrogen) atoms.